The fourth-order valence-electron chi connectivity index (χ4n) is 3.37. The summed E-state index contributed by atoms with van der Waals surface area (Å²) in [6.07, 6.45) is 0. The van der Waals surface area contributed by atoms with E-state index in [4.69, 9.17) is 9.72 Å². The maximum absolute atomic E-state index is 5.71. The van der Waals surface area contributed by atoms with Gasteiger partial charge in [0.05, 0.1) is 17.8 Å². The molecule has 4 rings (SSSR count). The van der Waals surface area contributed by atoms with Crippen LogP contribution in [-0.2, 0) is 0 Å². The van der Waals surface area contributed by atoms with Gasteiger partial charge in [0.2, 0.25) is 0 Å². The van der Waals surface area contributed by atoms with E-state index in [1.165, 1.54) is 5.69 Å². The lowest BCUT2D eigenvalue weighted by atomic mass is 10.1. The topological polar surface area (TPSA) is 37.4 Å². The lowest BCUT2D eigenvalue weighted by molar-refractivity contribution is 0.340. The molecule has 25 heavy (non-hydrogen) atoms. The molecule has 0 saturated carbocycles. The van der Waals surface area contributed by atoms with Crippen LogP contribution in [-0.4, -0.2) is 37.8 Å². The summed E-state index contributed by atoms with van der Waals surface area (Å²) >= 11 is 0. The van der Waals surface area contributed by atoms with E-state index in [1.807, 2.05) is 19.1 Å². The quantitative estimate of drug-likeness (QED) is 0.790. The summed E-state index contributed by atoms with van der Waals surface area (Å²) in [5.41, 5.74) is 4.42. The highest BCUT2D eigenvalue weighted by molar-refractivity contribution is 5.95. The Kier molecular flexibility index (Phi) is 4.53. The molecule has 1 N–H and O–H groups in total. The van der Waals surface area contributed by atoms with Gasteiger partial charge in [-0.2, -0.15) is 0 Å². The number of hydrogen-bond acceptors (Lipinski definition) is 4. The van der Waals surface area contributed by atoms with Gasteiger partial charge in [-0.1, -0.05) is 30.3 Å². The van der Waals surface area contributed by atoms with Crippen LogP contribution in [0.5, 0.6) is 5.75 Å². The fourth-order valence-corrected chi connectivity index (χ4v) is 3.37. The smallest absolute Gasteiger partial charge is 0.120 e. The Labute approximate surface area is 148 Å². The van der Waals surface area contributed by atoms with Gasteiger partial charge in [-0.05, 0) is 31.2 Å². The zero-order valence-electron chi connectivity index (χ0n) is 14.5. The lowest BCUT2D eigenvalue weighted by Crippen LogP contribution is -2.43. The van der Waals surface area contributed by atoms with Crippen LogP contribution in [0.4, 0.5) is 5.69 Å². The number of rotatable bonds is 4. The third-order valence-corrected chi connectivity index (χ3v) is 4.60. The van der Waals surface area contributed by atoms with Crippen molar-refractivity contribution in [2.75, 3.05) is 37.7 Å². The molecule has 1 fully saturated rings. The first-order valence-corrected chi connectivity index (χ1v) is 8.94. The second-order valence-corrected chi connectivity index (χ2v) is 6.24. The number of hydrogen-bond donors (Lipinski definition) is 1. The summed E-state index contributed by atoms with van der Waals surface area (Å²) in [5, 5.41) is 4.59. The van der Waals surface area contributed by atoms with Gasteiger partial charge in [-0.25, -0.2) is 4.98 Å². The summed E-state index contributed by atoms with van der Waals surface area (Å²) in [4.78, 5) is 7.35. The van der Waals surface area contributed by atoms with E-state index in [-0.39, 0.29) is 0 Å². The minimum absolute atomic E-state index is 0.671. The number of pyridine rings is 1. The Hall–Kier alpha value is -2.59. The number of ether oxygens (including phenoxy) is 1. The Morgan fingerprint density at radius 2 is 1.84 bits per heavy atom. The molecule has 0 bridgehead atoms. The van der Waals surface area contributed by atoms with Crippen LogP contribution in [0.1, 0.15) is 6.92 Å². The summed E-state index contributed by atoms with van der Waals surface area (Å²) in [6, 6.07) is 18.8. The van der Waals surface area contributed by atoms with Gasteiger partial charge in [0.1, 0.15) is 5.75 Å². The number of aromatic nitrogens is 1. The third kappa shape index (κ3) is 3.30. The first kappa shape index (κ1) is 15.9. The second kappa shape index (κ2) is 7.11. The van der Waals surface area contributed by atoms with E-state index >= 15 is 0 Å². The van der Waals surface area contributed by atoms with Crippen molar-refractivity contribution in [3.8, 4) is 17.0 Å². The molecule has 3 aromatic rings. The highest BCUT2D eigenvalue weighted by Crippen LogP contribution is 2.33. The van der Waals surface area contributed by atoms with Crippen LogP contribution in [0.15, 0.2) is 54.6 Å². The molecule has 1 aliphatic heterocycles. The minimum Gasteiger partial charge on any atom is -0.494 e. The van der Waals surface area contributed by atoms with Gasteiger partial charge < -0.3 is 15.0 Å². The van der Waals surface area contributed by atoms with E-state index in [0.29, 0.717) is 6.61 Å². The Bertz CT molecular complexity index is 858. The van der Waals surface area contributed by atoms with Crippen molar-refractivity contribution in [1.29, 1.82) is 0 Å². The highest BCUT2D eigenvalue weighted by Gasteiger charge is 2.16. The number of nitrogens with one attached hydrogen (secondary N) is 1. The van der Waals surface area contributed by atoms with E-state index in [0.717, 1.165) is 54.1 Å². The van der Waals surface area contributed by atoms with Crippen molar-refractivity contribution in [2.45, 2.75) is 6.92 Å². The second-order valence-electron chi connectivity index (χ2n) is 6.24. The molecule has 0 amide bonds. The Morgan fingerprint density at radius 3 is 2.60 bits per heavy atom. The summed E-state index contributed by atoms with van der Waals surface area (Å²) in [7, 11) is 0. The number of fused-ring (bicyclic) bond motifs is 1. The number of piperazine rings is 1. The first-order chi connectivity index (χ1) is 12.3. The van der Waals surface area contributed by atoms with Crippen molar-refractivity contribution >= 4 is 16.6 Å². The molecular formula is C21H23N3O. The normalized spacial score (nSPS) is 14.7. The largest absolute Gasteiger partial charge is 0.494 e. The third-order valence-electron chi connectivity index (χ3n) is 4.60. The van der Waals surface area contributed by atoms with E-state index in [1.54, 1.807) is 0 Å². The van der Waals surface area contributed by atoms with E-state index in [9.17, 15) is 0 Å². The van der Waals surface area contributed by atoms with Crippen LogP contribution in [0.25, 0.3) is 22.2 Å². The van der Waals surface area contributed by atoms with Crippen molar-refractivity contribution in [3.05, 3.63) is 54.6 Å². The molecule has 128 valence electrons. The lowest BCUT2D eigenvalue weighted by Gasteiger charge is -2.30. The molecule has 4 heteroatoms. The first-order valence-electron chi connectivity index (χ1n) is 8.94. The van der Waals surface area contributed by atoms with Gasteiger partial charge in [-0.15, -0.1) is 0 Å². The van der Waals surface area contributed by atoms with Crippen LogP contribution < -0.4 is 15.0 Å². The van der Waals surface area contributed by atoms with E-state index in [2.05, 4.69) is 52.7 Å². The Balaban J connectivity index is 1.87. The molecule has 1 aromatic heterocycles. The summed E-state index contributed by atoms with van der Waals surface area (Å²) < 4.78 is 5.71. The van der Waals surface area contributed by atoms with Crippen LogP contribution >= 0.6 is 0 Å². The fraction of sp³-hybridized carbons (Fsp3) is 0.286. The predicted molar refractivity (Wildman–Crippen MR) is 103 cm³/mol. The average Bonchev–Trinajstić information content (AvgIpc) is 2.69. The zero-order chi connectivity index (χ0) is 17.1. The maximum Gasteiger partial charge on any atom is 0.120 e. The molecule has 0 aliphatic carbocycles. The van der Waals surface area contributed by atoms with Crippen LogP contribution in [0.2, 0.25) is 0 Å². The van der Waals surface area contributed by atoms with Crippen LogP contribution in [0.3, 0.4) is 0 Å². The minimum atomic E-state index is 0.671. The van der Waals surface area contributed by atoms with Gasteiger partial charge >= 0.3 is 0 Å². The molecule has 0 radical (unpaired) electrons. The standard InChI is InChI=1S/C21H23N3O/c1-2-25-17-8-9-19-18(14-17)21(24-12-10-22-11-13-24)15-20(23-19)16-6-4-3-5-7-16/h3-9,14-15,22H,2,10-13H2,1H3. The number of nitrogens with zero attached hydrogens (tertiary/aromatic N) is 2. The predicted octanol–water partition coefficient (Wildman–Crippen LogP) is 3.71. The molecule has 0 atom stereocenters. The van der Waals surface area contributed by atoms with Crippen molar-refractivity contribution in [3.63, 3.8) is 0 Å². The van der Waals surface area contributed by atoms with Gasteiger partial charge in [-0.3, -0.25) is 0 Å². The molecule has 2 heterocycles. The molecular weight excluding hydrogens is 310 g/mol. The molecule has 1 saturated heterocycles. The van der Waals surface area contributed by atoms with Gasteiger partial charge in [0, 0.05) is 42.8 Å². The monoisotopic (exact) mass is 333 g/mol. The van der Waals surface area contributed by atoms with Crippen molar-refractivity contribution in [1.82, 2.24) is 10.3 Å². The van der Waals surface area contributed by atoms with Crippen LogP contribution in [0, 0.1) is 0 Å². The number of anilines is 1. The Morgan fingerprint density at radius 1 is 1.04 bits per heavy atom. The van der Waals surface area contributed by atoms with E-state index < -0.39 is 0 Å². The average molecular weight is 333 g/mol. The molecule has 1 aliphatic rings. The van der Waals surface area contributed by atoms with Crippen molar-refractivity contribution < 1.29 is 4.74 Å². The maximum atomic E-state index is 5.71. The molecule has 0 spiro atoms. The van der Waals surface area contributed by atoms with Gasteiger partial charge in [0.25, 0.3) is 0 Å². The SMILES string of the molecule is CCOc1ccc2nc(-c3ccccc3)cc(N3CCNCC3)c2c1. The highest BCUT2D eigenvalue weighted by atomic mass is 16.5. The molecule has 0 unspecified atom stereocenters. The number of benzene rings is 2. The van der Waals surface area contributed by atoms with Crippen molar-refractivity contribution in [2.24, 2.45) is 0 Å². The zero-order valence-corrected chi connectivity index (χ0v) is 14.5. The van der Waals surface area contributed by atoms with Gasteiger partial charge in [0.15, 0.2) is 0 Å². The summed E-state index contributed by atoms with van der Waals surface area (Å²) in [6.45, 7) is 6.71. The molecule has 2 aromatic carbocycles. The summed E-state index contributed by atoms with van der Waals surface area (Å²) in [5.74, 6) is 0.903. The molecule has 4 nitrogen and oxygen atoms in total.